The number of esters is 2. The highest BCUT2D eigenvalue weighted by Gasteiger charge is 2.16. The van der Waals surface area contributed by atoms with E-state index >= 15 is 0 Å². The van der Waals surface area contributed by atoms with Crippen LogP contribution in [0.5, 0.6) is 0 Å². The second-order valence-electron chi connectivity index (χ2n) is 10.8. The summed E-state index contributed by atoms with van der Waals surface area (Å²) in [6, 6.07) is 0. The van der Waals surface area contributed by atoms with Crippen LogP contribution in [-0.2, 0) is 19.1 Å². The molecule has 1 unspecified atom stereocenters. The molecule has 234 valence electrons. The van der Waals surface area contributed by atoms with Crippen molar-refractivity contribution in [3.63, 3.8) is 0 Å². The Morgan fingerprint density at radius 2 is 1.29 bits per heavy atom. The molecule has 41 heavy (non-hydrogen) atoms. The number of aliphatic hydroxyl groups excluding tert-OH is 2. The van der Waals surface area contributed by atoms with Crippen molar-refractivity contribution in [3.8, 4) is 0 Å². The first-order valence-corrected chi connectivity index (χ1v) is 15.8. The van der Waals surface area contributed by atoms with Crippen LogP contribution in [0.1, 0.15) is 117 Å². The van der Waals surface area contributed by atoms with Crippen molar-refractivity contribution < 1.29 is 29.3 Å². The van der Waals surface area contributed by atoms with Crippen LogP contribution in [0.15, 0.2) is 60.8 Å². The fourth-order valence-electron chi connectivity index (χ4n) is 3.94. The summed E-state index contributed by atoms with van der Waals surface area (Å²) in [5.74, 6) is -0.0542. The molecule has 0 saturated carbocycles. The lowest BCUT2D eigenvalue weighted by Crippen LogP contribution is -2.28. The van der Waals surface area contributed by atoms with Crippen molar-refractivity contribution in [2.75, 3.05) is 13.2 Å². The van der Waals surface area contributed by atoms with E-state index in [1.807, 2.05) is 18.2 Å². The molecular formula is C35H58O6. The van der Waals surface area contributed by atoms with Gasteiger partial charge in [0.05, 0.1) is 12.7 Å². The highest BCUT2D eigenvalue weighted by Crippen LogP contribution is 2.12. The molecule has 2 N–H and O–H groups in total. The van der Waals surface area contributed by atoms with E-state index in [4.69, 9.17) is 9.47 Å². The summed E-state index contributed by atoms with van der Waals surface area (Å²) in [6.07, 6.45) is 31.9. The molecule has 0 saturated heterocycles. The molecule has 0 fully saturated rings. The van der Waals surface area contributed by atoms with Crippen LogP contribution in [-0.4, -0.2) is 47.6 Å². The third kappa shape index (κ3) is 28.9. The maximum absolute atomic E-state index is 12.0. The fraction of sp³-hybridized carbons (Fsp3) is 0.657. The molecule has 0 heterocycles. The Morgan fingerprint density at radius 3 is 1.93 bits per heavy atom. The molecule has 0 aliphatic heterocycles. The summed E-state index contributed by atoms with van der Waals surface area (Å²) in [6.45, 7) is 6.06. The topological polar surface area (TPSA) is 93.1 Å². The minimum Gasteiger partial charge on any atom is -0.462 e. The normalized spacial score (nSPS) is 13.9. The highest BCUT2D eigenvalue weighted by atomic mass is 16.6. The number of carbonyl (C=O) groups is 2. The van der Waals surface area contributed by atoms with E-state index in [1.165, 1.54) is 25.7 Å². The summed E-state index contributed by atoms with van der Waals surface area (Å²) in [5, 5.41) is 19.5. The maximum atomic E-state index is 12.0. The molecule has 2 atom stereocenters. The predicted molar refractivity (Wildman–Crippen MR) is 169 cm³/mol. The zero-order valence-electron chi connectivity index (χ0n) is 26.1. The molecule has 6 nitrogen and oxygen atoms in total. The van der Waals surface area contributed by atoms with Gasteiger partial charge in [0.1, 0.15) is 6.61 Å². The van der Waals surface area contributed by atoms with Crippen molar-refractivity contribution in [2.24, 2.45) is 5.92 Å². The first kappa shape index (κ1) is 38.6. The minimum atomic E-state index is -0.845. The Labute approximate surface area is 250 Å². The summed E-state index contributed by atoms with van der Waals surface area (Å²) in [5.41, 5.74) is 0. The first-order chi connectivity index (χ1) is 19.9. The molecule has 0 aromatic heterocycles. The number of hydrogen-bond acceptors (Lipinski definition) is 6. The van der Waals surface area contributed by atoms with Crippen LogP contribution in [0.25, 0.3) is 0 Å². The number of ether oxygens (including phenoxy) is 2. The van der Waals surface area contributed by atoms with Gasteiger partial charge >= 0.3 is 11.9 Å². The van der Waals surface area contributed by atoms with Gasteiger partial charge in [0.15, 0.2) is 6.10 Å². The molecular weight excluding hydrogens is 516 g/mol. The highest BCUT2D eigenvalue weighted by molar-refractivity contribution is 5.70. The Hall–Kier alpha value is -2.44. The Bertz CT molecular complexity index is 778. The van der Waals surface area contributed by atoms with Gasteiger partial charge in [-0.15, -0.1) is 0 Å². The largest absolute Gasteiger partial charge is 0.462 e. The van der Waals surface area contributed by atoms with Gasteiger partial charge < -0.3 is 19.7 Å². The first-order valence-electron chi connectivity index (χ1n) is 15.8. The van der Waals surface area contributed by atoms with Crippen LogP contribution in [0, 0.1) is 5.92 Å². The number of rotatable bonds is 26. The van der Waals surface area contributed by atoms with Gasteiger partial charge in [-0.05, 0) is 50.9 Å². The number of unbranched alkanes of at least 4 members (excludes halogenated alkanes) is 5. The van der Waals surface area contributed by atoms with Gasteiger partial charge in [0, 0.05) is 12.8 Å². The van der Waals surface area contributed by atoms with E-state index < -0.39 is 24.8 Å². The molecule has 0 aliphatic rings. The second kappa shape index (κ2) is 29.1. The Balaban J connectivity index is 3.88. The van der Waals surface area contributed by atoms with Crippen molar-refractivity contribution in [1.29, 1.82) is 0 Å². The van der Waals surface area contributed by atoms with E-state index in [-0.39, 0.29) is 19.0 Å². The monoisotopic (exact) mass is 574 g/mol. The third-order valence-electron chi connectivity index (χ3n) is 6.36. The zero-order chi connectivity index (χ0) is 30.4. The molecule has 0 aliphatic carbocycles. The second-order valence-corrected chi connectivity index (χ2v) is 10.8. The minimum absolute atomic E-state index is 0.151. The standard InChI is InChI=1S/C35H58O6/c1-4-5-6-7-8-9-10-11-12-13-14-18-21-25-32(37)26-23-28-34(38)40-30-33(29-36)41-35(39)27-22-19-16-15-17-20-24-31(2)3/h5-6,8-9,11-12,14,18,21,25,31-33,36-37H,4,7,10,13,15-17,19-20,22-24,26-30H2,1-3H3/b6-5-,9-8-,12-11-,18-14-,25-21+/t32?,33-/m0/s1. The number of hydrogen-bond donors (Lipinski definition) is 2. The van der Waals surface area contributed by atoms with Gasteiger partial charge in [-0.25, -0.2) is 0 Å². The Morgan fingerprint density at radius 1 is 0.707 bits per heavy atom. The average Bonchev–Trinajstić information content (AvgIpc) is 2.94. The van der Waals surface area contributed by atoms with E-state index in [1.54, 1.807) is 6.08 Å². The summed E-state index contributed by atoms with van der Waals surface area (Å²) >= 11 is 0. The molecule has 0 aromatic carbocycles. The van der Waals surface area contributed by atoms with Crippen molar-refractivity contribution in [2.45, 2.75) is 129 Å². The van der Waals surface area contributed by atoms with Gasteiger partial charge in [0.25, 0.3) is 0 Å². The summed E-state index contributed by atoms with van der Waals surface area (Å²) < 4.78 is 10.4. The summed E-state index contributed by atoms with van der Waals surface area (Å²) in [7, 11) is 0. The lowest BCUT2D eigenvalue weighted by molar-refractivity contribution is -0.161. The molecule has 0 rings (SSSR count). The lowest BCUT2D eigenvalue weighted by atomic mass is 10.0. The van der Waals surface area contributed by atoms with Gasteiger partial charge in [-0.2, -0.15) is 0 Å². The molecule has 0 bridgehead atoms. The lowest BCUT2D eigenvalue weighted by Gasteiger charge is -2.16. The van der Waals surface area contributed by atoms with Crippen LogP contribution < -0.4 is 0 Å². The maximum Gasteiger partial charge on any atom is 0.306 e. The van der Waals surface area contributed by atoms with Gasteiger partial charge in [-0.3, -0.25) is 9.59 Å². The molecule has 6 heteroatoms. The van der Waals surface area contributed by atoms with E-state index in [0.717, 1.165) is 50.9 Å². The number of aliphatic hydroxyl groups is 2. The quantitative estimate of drug-likeness (QED) is 0.0469. The number of allylic oxidation sites excluding steroid dienone is 9. The van der Waals surface area contributed by atoms with Crippen LogP contribution in [0.3, 0.4) is 0 Å². The van der Waals surface area contributed by atoms with Gasteiger partial charge in [-0.1, -0.05) is 120 Å². The van der Waals surface area contributed by atoms with E-state index in [9.17, 15) is 19.8 Å². The smallest absolute Gasteiger partial charge is 0.306 e. The van der Waals surface area contributed by atoms with Crippen molar-refractivity contribution in [3.05, 3.63) is 60.8 Å². The summed E-state index contributed by atoms with van der Waals surface area (Å²) in [4.78, 5) is 24.0. The molecule has 0 radical (unpaired) electrons. The van der Waals surface area contributed by atoms with Gasteiger partial charge in [0.2, 0.25) is 0 Å². The number of carbonyl (C=O) groups excluding carboxylic acids is 2. The third-order valence-corrected chi connectivity index (χ3v) is 6.36. The molecule has 0 aromatic rings. The van der Waals surface area contributed by atoms with Crippen LogP contribution in [0.4, 0.5) is 0 Å². The fourth-order valence-corrected chi connectivity index (χ4v) is 3.94. The van der Waals surface area contributed by atoms with Crippen LogP contribution in [0.2, 0.25) is 0 Å². The predicted octanol–water partition coefficient (Wildman–Crippen LogP) is 8.10. The average molecular weight is 575 g/mol. The van der Waals surface area contributed by atoms with Crippen molar-refractivity contribution >= 4 is 11.9 Å². The van der Waals surface area contributed by atoms with Crippen LogP contribution >= 0.6 is 0 Å². The Kier molecular flexibility index (Phi) is 27.3. The van der Waals surface area contributed by atoms with E-state index in [0.29, 0.717) is 19.3 Å². The van der Waals surface area contributed by atoms with E-state index in [2.05, 4.69) is 57.2 Å². The molecule has 0 spiro atoms. The SMILES string of the molecule is CC/C=C\C/C=C\C/C=C\C/C=C\C=C\C(O)CCCC(=O)OC[C@H](CO)OC(=O)CCCCCCCCC(C)C. The zero-order valence-corrected chi connectivity index (χ0v) is 26.1. The molecule has 0 amide bonds. The van der Waals surface area contributed by atoms with Crippen molar-refractivity contribution in [1.82, 2.24) is 0 Å².